The Bertz CT molecular complexity index is 846. The maximum absolute atomic E-state index is 12.0. The van der Waals surface area contributed by atoms with Crippen LogP contribution in [0.4, 0.5) is 0 Å². The van der Waals surface area contributed by atoms with Gasteiger partial charge in [0.2, 0.25) is 10.6 Å². The van der Waals surface area contributed by atoms with Crippen molar-refractivity contribution < 1.29 is 9.53 Å². The number of carbonyl (C=O) groups is 1. The molecule has 1 amide bonds. The monoisotopic (exact) mass is 328 g/mol. The second-order valence-electron chi connectivity index (χ2n) is 4.42. The molecule has 0 fully saturated rings. The highest BCUT2D eigenvalue weighted by atomic mass is 32.1. The fraction of sp³-hybridized carbons (Fsp3) is 0.0714. The van der Waals surface area contributed by atoms with Gasteiger partial charge < -0.3 is 4.74 Å². The Balaban J connectivity index is 1.72. The largest absolute Gasteiger partial charge is 0.484 e. The lowest BCUT2D eigenvalue weighted by atomic mass is 10.3. The van der Waals surface area contributed by atoms with Gasteiger partial charge in [0, 0.05) is 12.4 Å². The summed E-state index contributed by atoms with van der Waals surface area (Å²) < 4.78 is 6.95. The third kappa shape index (κ3) is 3.58. The van der Waals surface area contributed by atoms with Crippen molar-refractivity contribution in [1.29, 1.82) is 0 Å². The van der Waals surface area contributed by atoms with Crippen LogP contribution in [0.3, 0.4) is 0 Å². The predicted octanol–water partition coefficient (Wildman–Crippen LogP) is 1.55. The number of H-pyrrole nitrogens is 1. The van der Waals surface area contributed by atoms with Crippen molar-refractivity contribution in [2.24, 2.45) is 0 Å². The average Bonchev–Trinajstić information content (AvgIpc) is 2.95. The molecule has 0 bridgehead atoms. The Morgan fingerprint density at radius 3 is 2.87 bits per heavy atom. The van der Waals surface area contributed by atoms with Crippen LogP contribution in [0.5, 0.6) is 5.75 Å². The van der Waals surface area contributed by atoms with Gasteiger partial charge in [-0.1, -0.05) is 18.2 Å². The van der Waals surface area contributed by atoms with Crippen molar-refractivity contribution in [2.75, 3.05) is 12.0 Å². The Morgan fingerprint density at radius 1 is 1.30 bits per heavy atom. The number of rotatable bonds is 5. The SMILES string of the molecule is O=C(COc1ccccc1)Nn1c(-c2cnccn2)n[nH]c1=S. The minimum Gasteiger partial charge on any atom is -0.484 e. The van der Waals surface area contributed by atoms with Crippen LogP contribution in [0.25, 0.3) is 11.5 Å². The van der Waals surface area contributed by atoms with E-state index in [0.29, 0.717) is 17.3 Å². The van der Waals surface area contributed by atoms with E-state index < -0.39 is 0 Å². The summed E-state index contributed by atoms with van der Waals surface area (Å²) in [7, 11) is 0. The highest BCUT2D eigenvalue weighted by Gasteiger charge is 2.13. The smallest absolute Gasteiger partial charge is 0.276 e. The lowest BCUT2D eigenvalue weighted by Crippen LogP contribution is -2.28. The number of carbonyl (C=O) groups excluding carboxylic acids is 1. The molecule has 0 radical (unpaired) electrons. The van der Waals surface area contributed by atoms with E-state index in [-0.39, 0.29) is 17.3 Å². The molecule has 2 heterocycles. The highest BCUT2D eigenvalue weighted by molar-refractivity contribution is 7.71. The number of aromatic nitrogens is 5. The van der Waals surface area contributed by atoms with E-state index in [1.54, 1.807) is 18.3 Å². The van der Waals surface area contributed by atoms with E-state index >= 15 is 0 Å². The molecule has 0 saturated heterocycles. The minimum absolute atomic E-state index is 0.156. The lowest BCUT2D eigenvalue weighted by molar-refractivity contribution is -0.119. The quantitative estimate of drug-likeness (QED) is 0.690. The van der Waals surface area contributed by atoms with Gasteiger partial charge in [-0.05, 0) is 24.4 Å². The number of nitrogens with zero attached hydrogens (tertiary/aromatic N) is 4. The molecule has 3 rings (SSSR count). The Morgan fingerprint density at radius 2 is 2.13 bits per heavy atom. The van der Waals surface area contributed by atoms with Gasteiger partial charge in [-0.15, -0.1) is 0 Å². The number of ether oxygens (including phenoxy) is 1. The van der Waals surface area contributed by atoms with E-state index in [0.717, 1.165) is 0 Å². The molecule has 0 unspecified atom stereocenters. The summed E-state index contributed by atoms with van der Waals surface area (Å²) in [5.41, 5.74) is 3.09. The van der Waals surface area contributed by atoms with E-state index in [1.165, 1.54) is 17.1 Å². The minimum atomic E-state index is -0.378. The normalized spacial score (nSPS) is 10.3. The van der Waals surface area contributed by atoms with Crippen LogP contribution < -0.4 is 10.2 Å². The zero-order chi connectivity index (χ0) is 16.1. The first-order valence-corrected chi connectivity index (χ1v) is 7.06. The molecule has 8 nitrogen and oxygen atoms in total. The summed E-state index contributed by atoms with van der Waals surface area (Å²) in [6.45, 7) is -0.156. The van der Waals surface area contributed by atoms with Gasteiger partial charge in [0.05, 0.1) is 6.20 Å². The first-order chi connectivity index (χ1) is 11.2. The molecule has 2 N–H and O–H groups in total. The first kappa shape index (κ1) is 14.9. The molecule has 0 saturated carbocycles. The molecule has 1 aromatic carbocycles. The molecule has 0 spiro atoms. The average molecular weight is 328 g/mol. The summed E-state index contributed by atoms with van der Waals surface area (Å²) in [6.07, 6.45) is 4.59. The van der Waals surface area contributed by atoms with Crippen molar-refractivity contribution >= 4 is 18.1 Å². The highest BCUT2D eigenvalue weighted by Crippen LogP contribution is 2.11. The van der Waals surface area contributed by atoms with Crippen molar-refractivity contribution in [1.82, 2.24) is 24.8 Å². The summed E-state index contributed by atoms with van der Waals surface area (Å²) in [5, 5.41) is 6.65. The van der Waals surface area contributed by atoms with Crippen molar-refractivity contribution in [3.05, 3.63) is 53.7 Å². The van der Waals surface area contributed by atoms with Crippen LogP contribution in [-0.4, -0.2) is 37.4 Å². The molecular weight excluding hydrogens is 316 g/mol. The maximum atomic E-state index is 12.0. The van der Waals surface area contributed by atoms with Crippen LogP contribution >= 0.6 is 12.2 Å². The topological polar surface area (TPSA) is 97.7 Å². The fourth-order valence-corrected chi connectivity index (χ4v) is 1.99. The molecule has 3 aromatic rings. The molecule has 0 aliphatic carbocycles. The lowest BCUT2D eigenvalue weighted by Gasteiger charge is -2.09. The van der Waals surface area contributed by atoms with Crippen molar-refractivity contribution in [2.45, 2.75) is 0 Å². The van der Waals surface area contributed by atoms with E-state index in [1.807, 2.05) is 18.2 Å². The van der Waals surface area contributed by atoms with Crippen LogP contribution in [0.1, 0.15) is 0 Å². The van der Waals surface area contributed by atoms with Gasteiger partial charge in [0.25, 0.3) is 5.91 Å². The van der Waals surface area contributed by atoms with Gasteiger partial charge in [0.15, 0.2) is 6.61 Å². The van der Waals surface area contributed by atoms with E-state index in [4.69, 9.17) is 17.0 Å². The molecule has 0 atom stereocenters. The number of hydrogen-bond donors (Lipinski definition) is 2. The molecule has 9 heteroatoms. The zero-order valence-electron chi connectivity index (χ0n) is 11.8. The molecule has 2 aromatic heterocycles. The van der Waals surface area contributed by atoms with Gasteiger partial charge in [-0.2, -0.15) is 5.10 Å². The Kier molecular flexibility index (Phi) is 4.39. The zero-order valence-corrected chi connectivity index (χ0v) is 12.7. The third-order valence-corrected chi connectivity index (χ3v) is 3.09. The standard InChI is InChI=1S/C14H12N6O2S/c21-12(9-22-10-4-2-1-3-5-10)19-20-13(17-18-14(20)23)11-8-15-6-7-16-11/h1-8H,9H2,(H,18,23)(H,19,21). The number of amides is 1. The third-order valence-electron chi connectivity index (χ3n) is 2.81. The maximum Gasteiger partial charge on any atom is 0.276 e. The number of benzene rings is 1. The number of aromatic amines is 1. The van der Waals surface area contributed by atoms with Crippen LogP contribution in [-0.2, 0) is 4.79 Å². The molecule has 0 aliphatic heterocycles. The summed E-state index contributed by atoms with van der Waals surface area (Å²) in [4.78, 5) is 20.1. The second kappa shape index (κ2) is 6.79. The van der Waals surface area contributed by atoms with Gasteiger partial charge in [-0.25, -0.2) is 14.8 Å². The molecule has 0 aliphatic rings. The van der Waals surface area contributed by atoms with Gasteiger partial charge in [-0.3, -0.25) is 15.2 Å². The van der Waals surface area contributed by atoms with Gasteiger partial charge in [0.1, 0.15) is 11.4 Å². The summed E-state index contributed by atoms with van der Waals surface area (Å²) in [6, 6.07) is 9.05. The van der Waals surface area contributed by atoms with Crippen LogP contribution in [0.15, 0.2) is 48.9 Å². The number of para-hydroxylation sites is 1. The summed E-state index contributed by atoms with van der Waals surface area (Å²) in [5.74, 6) is 0.584. The first-order valence-electron chi connectivity index (χ1n) is 6.65. The number of hydrogen-bond acceptors (Lipinski definition) is 6. The van der Waals surface area contributed by atoms with Crippen molar-refractivity contribution in [3.8, 4) is 17.3 Å². The van der Waals surface area contributed by atoms with Crippen LogP contribution in [0.2, 0.25) is 0 Å². The summed E-state index contributed by atoms with van der Waals surface area (Å²) >= 11 is 5.11. The van der Waals surface area contributed by atoms with E-state index in [9.17, 15) is 4.79 Å². The van der Waals surface area contributed by atoms with Gasteiger partial charge >= 0.3 is 0 Å². The Labute approximate surface area is 136 Å². The molecule has 23 heavy (non-hydrogen) atoms. The Hall–Kier alpha value is -3.07. The van der Waals surface area contributed by atoms with Crippen molar-refractivity contribution in [3.63, 3.8) is 0 Å². The molecule has 116 valence electrons. The second-order valence-corrected chi connectivity index (χ2v) is 4.80. The molecular formula is C14H12N6O2S. The van der Waals surface area contributed by atoms with Crippen LogP contribution in [0, 0.1) is 4.77 Å². The van der Waals surface area contributed by atoms with E-state index in [2.05, 4.69) is 25.6 Å². The fourth-order valence-electron chi connectivity index (χ4n) is 1.81. The number of nitrogens with one attached hydrogen (secondary N) is 2. The predicted molar refractivity (Wildman–Crippen MR) is 84.7 cm³/mol.